The van der Waals surface area contributed by atoms with Crippen LogP contribution in [-0.2, 0) is 26.4 Å². The Labute approximate surface area is 169 Å². The molecule has 0 radical (unpaired) electrons. The molecular formula is C19H19F3N6O2. The van der Waals surface area contributed by atoms with Gasteiger partial charge >= 0.3 is 6.18 Å². The maximum atomic E-state index is 12.9. The summed E-state index contributed by atoms with van der Waals surface area (Å²) in [4.78, 5) is 16.7. The number of aromatic nitrogens is 5. The topological polar surface area (TPSA) is 97.9 Å². The number of hydrogen-bond acceptors (Lipinski definition) is 5. The molecule has 3 aromatic heterocycles. The number of pyridine rings is 1. The number of rotatable bonds is 4. The lowest BCUT2D eigenvalue weighted by Crippen LogP contribution is -2.33. The zero-order valence-electron chi connectivity index (χ0n) is 16.0. The molecule has 1 aliphatic rings. The number of fused-ring (bicyclic) bond motifs is 1. The van der Waals surface area contributed by atoms with E-state index in [2.05, 4.69) is 20.5 Å². The first-order valence-corrected chi connectivity index (χ1v) is 9.32. The highest BCUT2D eigenvalue weighted by molar-refractivity contribution is 5.93. The fourth-order valence-corrected chi connectivity index (χ4v) is 3.55. The second-order valence-corrected chi connectivity index (χ2v) is 7.08. The molecule has 0 spiro atoms. The van der Waals surface area contributed by atoms with Crippen molar-refractivity contribution < 1.29 is 23.1 Å². The van der Waals surface area contributed by atoms with Gasteiger partial charge in [0.15, 0.2) is 5.69 Å². The zero-order chi connectivity index (χ0) is 21.5. The first-order valence-electron chi connectivity index (χ1n) is 9.32. The number of carbonyl (C=O) groups is 1. The Bertz CT molecular complexity index is 1090. The first kappa shape index (κ1) is 20.1. The molecule has 0 saturated heterocycles. The van der Waals surface area contributed by atoms with E-state index in [1.807, 2.05) is 6.07 Å². The lowest BCUT2D eigenvalue weighted by atomic mass is 10.0. The van der Waals surface area contributed by atoms with Gasteiger partial charge in [0.1, 0.15) is 5.69 Å². The van der Waals surface area contributed by atoms with Gasteiger partial charge in [-0.05, 0) is 31.0 Å². The maximum Gasteiger partial charge on any atom is 0.435 e. The fourth-order valence-electron chi connectivity index (χ4n) is 3.55. The summed E-state index contributed by atoms with van der Waals surface area (Å²) in [5.41, 5.74) is 1.46. The van der Waals surface area contributed by atoms with Crippen LogP contribution in [0.5, 0.6) is 0 Å². The monoisotopic (exact) mass is 420 g/mol. The molecule has 1 amide bonds. The number of amides is 1. The molecular weight excluding hydrogens is 401 g/mol. The average molecular weight is 420 g/mol. The number of nitrogens with one attached hydrogen (secondary N) is 1. The van der Waals surface area contributed by atoms with Crippen molar-refractivity contribution in [3.63, 3.8) is 0 Å². The molecule has 0 bridgehead atoms. The normalized spacial score (nSPS) is 16.4. The Hall–Kier alpha value is -3.21. The third-order valence-corrected chi connectivity index (χ3v) is 5.01. The van der Waals surface area contributed by atoms with Crippen molar-refractivity contribution in [2.75, 3.05) is 0 Å². The summed E-state index contributed by atoms with van der Waals surface area (Å²) in [7, 11) is 1.30. The number of carbonyl (C=O) groups excluding carboxylic acids is 1. The summed E-state index contributed by atoms with van der Waals surface area (Å²) in [6, 6.07) is 5.70. The summed E-state index contributed by atoms with van der Waals surface area (Å²) in [5.74, 6) is -0.631. The van der Waals surface area contributed by atoms with Gasteiger partial charge in [-0.15, -0.1) is 0 Å². The number of halogens is 3. The highest BCUT2D eigenvalue weighted by Gasteiger charge is 2.36. The second kappa shape index (κ2) is 7.56. The number of alkyl halides is 3. The largest absolute Gasteiger partial charge is 0.435 e. The van der Waals surface area contributed by atoms with Crippen LogP contribution in [0.1, 0.15) is 46.5 Å². The van der Waals surface area contributed by atoms with Gasteiger partial charge in [-0.25, -0.2) is 0 Å². The van der Waals surface area contributed by atoms with Crippen molar-refractivity contribution >= 4 is 5.91 Å². The van der Waals surface area contributed by atoms with E-state index in [1.165, 1.54) is 7.05 Å². The van der Waals surface area contributed by atoms with Crippen LogP contribution in [0.25, 0.3) is 11.3 Å². The van der Waals surface area contributed by atoms with E-state index in [0.29, 0.717) is 24.4 Å². The van der Waals surface area contributed by atoms with Gasteiger partial charge in [0, 0.05) is 31.4 Å². The van der Waals surface area contributed by atoms with Crippen molar-refractivity contribution in [1.82, 2.24) is 29.9 Å². The third-order valence-electron chi connectivity index (χ3n) is 5.01. The first-order chi connectivity index (χ1) is 14.3. The van der Waals surface area contributed by atoms with Gasteiger partial charge in [-0.1, -0.05) is 0 Å². The van der Waals surface area contributed by atoms with Crippen molar-refractivity contribution in [3.8, 4) is 11.3 Å². The van der Waals surface area contributed by atoms with Crippen molar-refractivity contribution in [1.29, 1.82) is 0 Å². The lowest BCUT2D eigenvalue weighted by molar-refractivity contribution is -0.141. The summed E-state index contributed by atoms with van der Waals surface area (Å²) in [5, 5.41) is 20.0. The van der Waals surface area contributed by atoms with Crippen LogP contribution < -0.4 is 5.32 Å². The van der Waals surface area contributed by atoms with Gasteiger partial charge in [0.2, 0.25) is 0 Å². The quantitative estimate of drug-likeness (QED) is 0.676. The van der Waals surface area contributed by atoms with Crippen LogP contribution in [0.15, 0.2) is 30.5 Å². The number of nitrogens with zero attached hydrogens (tertiary/aromatic N) is 5. The van der Waals surface area contributed by atoms with Crippen LogP contribution >= 0.6 is 0 Å². The summed E-state index contributed by atoms with van der Waals surface area (Å²) in [6.07, 6.45) is -1.64. The Morgan fingerprint density at radius 3 is 2.80 bits per heavy atom. The number of aliphatic hydroxyl groups is 1. The Balaban J connectivity index is 1.59. The molecule has 1 atom stereocenters. The molecule has 1 unspecified atom stereocenters. The molecule has 8 nitrogen and oxygen atoms in total. The van der Waals surface area contributed by atoms with Gasteiger partial charge in [0.05, 0.1) is 29.7 Å². The van der Waals surface area contributed by atoms with Gasteiger partial charge < -0.3 is 10.4 Å². The van der Waals surface area contributed by atoms with Crippen molar-refractivity contribution in [2.24, 2.45) is 7.05 Å². The van der Waals surface area contributed by atoms with E-state index < -0.39 is 23.8 Å². The van der Waals surface area contributed by atoms with Crippen LogP contribution in [0, 0.1) is 0 Å². The van der Waals surface area contributed by atoms with E-state index >= 15 is 0 Å². The van der Waals surface area contributed by atoms with Crippen molar-refractivity contribution in [2.45, 2.75) is 38.2 Å². The highest BCUT2D eigenvalue weighted by atomic mass is 19.4. The summed E-state index contributed by atoms with van der Waals surface area (Å²) < 4.78 is 41.3. The Kier molecular flexibility index (Phi) is 5.06. The number of aryl methyl sites for hydroxylation is 2. The van der Waals surface area contributed by atoms with E-state index in [4.69, 9.17) is 0 Å². The predicted octanol–water partition coefficient (Wildman–Crippen LogP) is 2.45. The van der Waals surface area contributed by atoms with Crippen molar-refractivity contribution in [3.05, 3.63) is 53.2 Å². The Morgan fingerprint density at radius 1 is 1.30 bits per heavy atom. The summed E-state index contributed by atoms with van der Waals surface area (Å²) >= 11 is 0. The van der Waals surface area contributed by atoms with Gasteiger partial charge in [0.25, 0.3) is 5.91 Å². The van der Waals surface area contributed by atoms with E-state index in [-0.39, 0.29) is 12.3 Å². The Morgan fingerprint density at radius 2 is 2.10 bits per heavy atom. The van der Waals surface area contributed by atoms with Crippen LogP contribution in [0.3, 0.4) is 0 Å². The van der Waals surface area contributed by atoms with E-state index in [0.717, 1.165) is 28.4 Å². The molecule has 2 N–H and O–H groups in total. The van der Waals surface area contributed by atoms with Crippen LogP contribution in [-0.4, -0.2) is 35.6 Å². The minimum Gasteiger partial charge on any atom is -0.390 e. The van der Waals surface area contributed by atoms with Gasteiger partial charge in [-0.3, -0.25) is 19.1 Å². The van der Waals surface area contributed by atoms with Crippen LogP contribution in [0.2, 0.25) is 0 Å². The fraction of sp³-hybridized carbons (Fsp3) is 0.368. The minimum atomic E-state index is -4.62. The molecule has 30 heavy (non-hydrogen) atoms. The lowest BCUT2D eigenvalue weighted by Gasteiger charge is -2.24. The van der Waals surface area contributed by atoms with E-state index in [9.17, 15) is 23.1 Å². The highest BCUT2D eigenvalue weighted by Crippen LogP contribution is 2.31. The predicted molar refractivity (Wildman–Crippen MR) is 99.0 cm³/mol. The standard InChI is InChI=1S/C19H19F3N6O2/c1-27-16(9-17(26-27)19(20,21)22)18(30)24-13-3-2-6-28-15(13)8-14(25-28)11-4-5-23-12(7-11)10-29/h4-5,7-9,13,29H,2-3,6,10H2,1H3,(H,24,30). The van der Waals surface area contributed by atoms with Gasteiger partial charge in [-0.2, -0.15) is 23.4 Å². The molecule has 0 saturated carbocycles. The molecule has 158 valence electrons. The molecule has 0 aromatic carbocycles. The third kappa shape index (κ3) is 3.80. The molecule has 4 heterocycles. The smallest absolute Gasteiger partial charge is 0.390 e. The molecule has 0 aliphatic carbocycles. The second-order valence-electron chi connectivity index (χ2n) is 7.08. The maximum absolute atomic E-state index is 12.9. The molecule has 1 aliphatic heterocycles. The van der Waals surface area contributed by atoms with E-state index in [1.54, 1.807) is 23.0 Å². The average Bonchev–Trinajstić information content (AvgIpc) is 3.32. The zero-order valence-corrected chi connectivity index (χ0v) is 16.0. The SMILES string of the molecule is Cn1nc(C(F)(F)F)cc1C(=O)NC1CCCn2nc(-c3ccnc(CO)c3)cc21. The molecule has 4 rings (SSSR count). The summed E-state index contributed by atoms with van der Waals surface area (Å²) in [6.45, 7) is 0.480. The molecule has 3 aromatic rings. The van der Waals surface area contributed by atoms with Crippen LogP contribution in [0.4, 0.5) is 13.2 Å². The molecule has 0 fully saturated rings. The number of aliphatic hydroxyl groups excluding tert-OH is 1. The molecule has 11 heteroatoms. The minimum absolute atomic E-state index is 0.166. The number of hydrogen-bond donors (Lipinski definition) is 2.